The topological polar surface area (TPSA) is 71.5 Å². The van der Waals surface area contributed by atoms with Gasteiger partial charge in [0.05, 0.1) is 6.61 Å². The molecule has 1 heterocycles. The van der Waals surface area contributed by atoms with Crippen molar-refractivity contribution in [1.82, 2.24) is 15.2 Å². The molecule has 0 saturated heterocycles. The third kappa shape index (κ3) is 6.29. The normalized spacial score (nSPS) is 10.1. The van der Waals surface area contributed by atoms with Crippen LogP contribution in [0.5, 0.6) is 0 Å². The molecule has 1 aromatic heterocycles. The summed E-state index contributed by atoms with van der Waals surface area (Å²) in [5, 5.41) is 2.73. The van der Waals surface area contributed by atoms with Gasteiger partial charge in [0, 0.05) is 52.5 Å². The van der Waals surface area contributed by atoms with Gasteiger partial charge in [-0.25, -0.2) is 0 Å². The average Bonchev–Trinajstić information content (AvgIpc) is 2.44. The van der Waals surface area contributed by atoms with E-state index in [0.29, 0.717) is 26.2 Å². The van der Waals surface area contributed by atoms with Crippen molar-refractivity contribution in [2.75, 3.05) is 26.8 Å². The zero-order chi connectivity index (χ0) is 14.8. The molecule has 6 nitrogen and oxygen atoms in total. The molecule has 0 aliphatic rings. The van der Waals surface area contributed by atoms with Gasteiger partial charge < -0.3 is 15.0 Å². The minimum Gasteiger partial charge on any atom is -0.383 e. The summed E-state index contributed by atoms with van der Waals surface area (Å²) in [4.78, 5) is 28.7. The number of carbonyl (C=O) groups is 2. The van der Waals surface area contributed by atoms with Crippen LogP contribution in [-0.2, 0) is 20.9 Å². The van der Waals surface area contributed by atoms with Gasteiger partial charge >= 0.3 is 0 Å². The van der Waals surface area contributed by atoms with E-state index in [-0.39, 0.29) is 18.2 Å². The van der Waals surface area contributed by atoms with Crippen LogP contribution in [0.25, 0.3) is 0 Å². The number of carbonyl (C=O) groups excluding carboxylic acids is 2. The summed E-state index contributed by atoms with van der Waals surface area (Å²) >= 11 is 0. The third-order valence-electron chi connectivity index (χ3n) is 2.81. The van der Waals surface area contributed by atoms with E-state index in [2.05, 4.69) is 10.3 Å². The first kappa shape index (κ1) is 16.1. The fourth-order valence-corrected chi connectivity index (χ4v) is 1.67. The molecule has 1 rings (SSSR count). The Morgan fingerprint density at radius 2 is 2.05 bits per heavy atom. The standard InChI is InChI=1S/C14H21N3O3/c1-12(18)17(11-13-3-6-15-7-4-13)9-5-14(19)16-8-10-20-2/h3-4,6-7H,5,8-11H2,1-2H3,(H,16,19). The SMILES string of the molecule is COCCNC(=O)CCN(Cc1ccncc1)C(C)=O. The first-order chi connectivity index (χ1) is 9.63. The lowest BCUT2D eigenvalue weighted by atomic mass is 10.2. The lowest BCUT2D eigenvalue weighted by Crippen LogP contribution is -2.34. The highest BCUT2D eigenvalue weighted by Crippen LogP contribution is 2.04. The molecule has 0 aliphatic carbocycles. The molecular weight excluding hydrogens is 258 g/mol. The number of methoxy groups -OCH3 is 1. The summed E-state index contributed by atoms with van der Waals surface area (Å²) in [5.74, 6) is -0.130. The number of hydrogen-bond donors (Lipinski definition) is 1. The maximum atomic E-state index is 11.6. The van der Waals surface area contributed by atoms with Gasteiger partial charge in [-0.1, -0.05) is 0 Å². The number of rotatable bonds is 8. The number of pyridine rings is 1. The van der Waals surface area contributed by atoms with Crippen LogP contribution < -0.4 is 5.32 Å². The van der Waals surface area contributed by atoms with Crippen molar-refractivity contribution in [3.05, 3.63) is 30.1 Å². The Labute approximate surface area is 119 Å². The van der Waals surface area contributed by atoms with Crippen molar-refractivity contribution in [2.24, 2.45) is 0 Å². The second-order valence-corrected chi connectivity index (χ2v) is 4.39. The first-order valence-electron chi connectivity index (χ1n) is 6.53. The molecule has 0 radical (unpaired) electrons. The van der Waals surface area contributed by atoms with E-state index < -0.39 is 0 Å². The number of amides is 2. The largest absolute Gasteiger partial charge is 0.383 e. The van der Waals surface area contributed by atoms with Gasteiger partial charge in [-0.3, -0.25) is 14.6 Å². The van der Waals surface area contributed by atoms with E-state index in [1.807, 2.05) is 12.1 Å². The Morgan fingerprint density at radius 3 is 2.65 bits per heavy atom. The molecule has 2 amide bonds. The van der Waals surface area contributed by atoms with Crippen LogP contribution >= 0.6 is 0 Å². The summed E-state index contributed by atoms with van der Waals surface area (Å²) in [6, 6.07) is 3.71. The molecular formula is C14H21N3O3. The van der Waals surface area contributed by atoms with Gasteiger partial charge in [0.15, 0.2) is 0 Å². The molecule has 110 valence electrons. The van der Waals surface area contributed by atoms with Gasteiger partial charge in [-0.15, -0.1) is 0 Å². The maximum Gasteiger partial charge on any atom is 0.221 e. The molecule has 0 aromatic carbocycles. The summed E-state index contributed by atoms with van der Waals surface area (Å²) in [6.45, 7) is 3.36. The molecule has 0 aliphatic heterocycles. The Morgan fingerprint density at radius 1 is 1.35 bits per heavy atom. The Bertz CT molecular complexity index is 423. The lowest BCUT2D eigenvalue weighted by molar-refractivity contribution is -0.130. The zero-order valence-corrected chi connectivity index (χ0v) is 12.0. The molecule has 0 spiro atoms. The predicted molar refractivity (Wildman–Crippen MR) is 74.8 cm³/mol. The second-order valence-electron chi connectivity index (χ2n) is 4.39. The van der Waals surface area contributed by atoms with E-state index in [4.69, 9.17) is 4.74 Å². The number of aromatic nitrogens is 1. The van der Waals surface area contributed by atoms with E-state index in [0.717, 1.165) is 5.56 Å². The van der Waals surface area contributed by atoms with E-state index in [1.165, 1.54) is 6.92 Å². The highest BCUT2D eigenvalue weighted by molar-refractivity contribution is 5.78. The molecule has 0 saturated carbocycles. The summed E-state index contributed by atoms with van der Waals surface area (Å²) < 4.78 is 4.85. The number of nitrogens with zero attached hydrogens (tertiary/aromatic N) is 2. The van der Waals surface area contributed by atoms with E-state index in [9.17, 15) is 9.59 Å². The van der Waals surface area contributed by atoms with Crippen molar-refractivity contribution in [3.63, 3.8) is 0 Å². The minimum absolute atomic E-state index is 0.0495. The molecule has 0 fully saturated rings. The lowest BCUT2D eigenvalue weighted by Gasteiger charge is -2.20. The van der Waals surface area contributed by atoms with Gasteiger partial charge in [0.25, 0.3) is 0 Å². The maximum absolute atomic E-state index is 11.6. The average molecular weight is 279 g/mol. The van der Waals surface area contributed by atoms with Gasteiger partial charge in [0.2, 0.25) is 11.8 Å². The van der Waals surface area contributed by atoms with Crippen LogP contribution in [0.1, 0.15) is 18.9 Å². The van der Waals surface area contributed by atoms with Crippen LogP contribution in [0.15, 0.2) is 24.5 Å². The van der Waals surface area contributed by atoms with Crippen molar-refractivity contribution >= 4 is 11.8 Å². The van der Waals surface area contributed by atoms with Crippen molar-refractivity contribution in [2.45, 2.75) is 19.9 Å². The van der Waals surface area contributed by atoms with E-state index in [1.54, 1.807) is 24.4 Å². The zero-order valence-electron chi connectivity index (χ0n) is 12.0. The van der Waals surface area contributed by atoms with Crippen molar-refractivity contribution in [1.29, 1.82) is 0 Å². The molecule has 0 unspecified atom stereocenters. The van der Waals surface area contributed by atoms with Gasteiger partial charge in [-0.05, 0) is 17.7 Å². The molecule has 1 aromatic rings. The Kier molecular flexibility index (Phi) is 7.27. The molecule has 20 heavy (non-hydrogen) atoms. The van der Waals surface area contributed by atoms with Crippen LogP contribution in [-0.4, -0.2) is 48.5 Å². The van der Waals surface area contributed by atoms with Crippen LogP contribution in [0.4, 0.5) is 0 Å². The quantitative estimate of drug-likeness (QED) is 0.707. The number of hydrogen-bond acceptors (Lipinski definition) is 4. The first-order valence-corrected chi connectivity index (χ1v) is 6.53. The highest BCUT2D eigenvalue weighted by atomic mass is 16.5. The monoisotopic (exact) mass is 279 g/mol. The summed E-state index contributed by atoms with van der Waals surface area (Å²) in [7, 11) is 1.58. The second kappa shape index (κ2) is 9.03. The van der Waals surface area contributed by atoms with Crippen LogP contribution in [0, 0.1) is 0 Å². The van der Waals surface area contributed by atoms with Crippen LogP contribution in [0.2, 0.25) is 0 Å². The van der Waals surface area contributed by atoms with Crippen molar-refractivity contribution < 1.29 is 14.3 Å². The number of ether oxygens (including phenoxy) is 1. The summed E-state index contributed by atoms with van der Waals surface area (Å²) in [5.41, 5.74) is 0.995. The smallest absolute Gasteiger partial charge is 0.221 e. The Balaban J connectivity index is 2.40. The summed E-state index contributed by atoms with van der Waals surface area (Å²) in [6.07, 6.45) is 3.66. The fourth-order valence-electron chi connectivity index (χ4n) is 1.67. The Hall–Kier alpha value is -1.95. The van der Waals surface area contributed by atoms with E-state index >= 15 is 0 Å². The van der Waals surface area contributed by atoms with Gasteiger partial charge in [-0.2, -0.15) is 0 Å². The molecule has 1 N–H and O–H groups in total. The minimum atomic E-state index is -0.0805. The number of nitrogens with one attached hydrogen (secondary N) is 1. The van der Waals surface area contributed by atoms with Crippen LogP contribution in [0.3, 0.4) is 0 Å². The highest BCUT2D eigenvalue weighted by Gasteiger charge is 2.11. The van der Waals surface area contributed by atoms with Gasteiger partial charge in [0.1, 0.15) is 0 Å². The fraction of sp³-hybridized carbons (Fsp3) is 0.500. The molecule has 0 bridgehead atoms. The molecule has 6 heteroatoms. The molecule has 0 atom stereocenters. The third-order valence-corrected chi connectivity index (χ3v) is 2.81. The predicted octanol–water partition coefficient (Wildman–Crippen LogP) is 0.583. The van der Waals surface area contributed by atoms with Crippen molar-refractivity contribution in [3.8, 4) is 0 Å².